The average Bonchev–Trinajstić information content (AvgIpc) is 2.32. The van der Waals surface area contributed by atoms with Gasteiger partial charge in [0.25, 0.3) is 0 Å². The van der Waals surface area contributed by atoms with E-state index in [1.54, 1.807) is 11.8 Å². The molecular weight excluding hydrogens is 242 g/mol. The monoisotopic (exact) mass is 267 g/mol. The van der Waals surface area contributed by atoms with Gasteiger partial charge in [-0.25, -0.2) is 9.97 Å². The smallest absolute Gasteiger partial charge is 0.188 e. The fraction of sp³-hybridized carbons (Fsp3) is 0.714. The minimum atomic E-state index is 0.487. The van der Waals surface area contributed by atoms with Gasteiger partial charge >= 0.3 is 0 Å². The van der Waals surface area contributed by atoms with E-state index in [1.165, 1.54) is 5.56 Å². The molecule has 0 amide bonds. The normalized spacial score (nSPS) is 14.6. The van der Waals surface area contributed by atoms with E-state index in [2.05, 4.69) is 56.8 Å². The molecule has 2 unspecified atom stereocenters. The molecule has 0 radical (unpaired) electrons. The minimum absolute atomic E-state index is 0.487. The summed E-state index contributed by atoms with van der Waals surface area (Å²) in [6, 6.07) is 0.579. The summed E-state index contributed by atoms with van der Waals surface area (Å²) in [6.07, 6.45) is 1.16. The van der Waals surface area contributed by atoms with E-state index >= 15 is 0 Å². The van der Waals surface area contributed by atoms with Crippen LogP contribution in [0.1, 0.15) is 44.1 Å². The van der Waals surface area contributed by atoms with E-state index in [1.807, 2.05) is 0 Å². The maximum absolute atomic E-state index is 4.54. The molecule has 0 saturated heterocycles. The van der Waals surface area contributed by atoms with Crippen LogP contribution in [0.5, 0.6) is 0 Å². The fourth-order valence-corrected chi connectivity index (χ4v) is 2.45. The SMILES string of the molecule is CCC(C)NCC(C)Sc1nc(C)c(C)c(C)n1. The number of thioether (sulfide) groups is 1. The van der Waals surface area contributed by atoms with Crippen LogP contribution in [-0.2, 0) is 0 Å². The Labute approximate surface area is 115 Å². The lowest BCUT2D eigenvalue weighted by molar-refractivity contribution is 0.536. The molecule has 4 heteroatoms. The van der Waals surface area contributed by atoms with Crippen LogP contribution in [0.2, 0.25) is 0 Å². The molecule has 18 heavy (non-hydrogen) atoms. The van der Waals surface area contributed by atoms with Gasteiger partial charge in [-0.05, 0) is 39.7 Å². The van der Waals surface area contributed by atoms with Crippen LogP contribution in [0.15, 0.2) is 5.16 Å². The van der Waals surface area contributed by atoms with E-state index in [0.717, 1.165) is 29.5 Å². The highest BCUT2D eigenvalue weighted by Gasteiger charge is 2.10. The van der Waals surface area contributed by atoms with Crippen LogP contribution in [-0.4, -0.2) is 27.8 Å². The van der Waals surface area contributed by atoms with Crippen molar-refractivity contribution in [3.63, 3.8) is 0 Å². The van der Waals surface area contributed by atoms with Gasteiger partial charge in [0.2, 0.25) is 0 Å². The summed E-state index contributed by atoms with van der Waals surface area (Å²) in [5.41, 5.74) is 3.38. The molecule has 3 nitrogen and oxygen atoms in total. The van der Waals surface area contributed by atoms with Gasteiger partial charge in [0.05, 0.1) is 0 Å². The maximum atomic E-state index is 4.54. The number of hydrogen-bond donors (Lipinski definition) is 1. The Kier molecular flexibility index (Phi) is 6.09. The van der Waals surface area contributed by atoms with Crippen LogP contribution in [0.3, 0.4) is 0 Å². The highest BCUT2D eigenvalue weighted by atomic mass is 32.2. The Balaban J connectivity index is 2.57. The summed E-state index contributed by atoms with van der Waals surface area (Å²) in [7, 11) is 0. The van der Waals surface area contributed by atoms with Crippen LogP contribution >= 0.6 is 11.8 Å². The second-order valence-electron chi connectivity index (χ2n) is 4.95. The predicted molar refractivity (Wildman–Crippen MR) is 79.3 cm³/mol. The molecule has 0 fully saturated rings. The minimum Gasteiger partial charge on any atom is -0.313 e. The standard InChI is InChI=1S/C14H25N3S/c1-7-9(2)15-8-10(3)18-14-16-12(5)11(4)13(6)17-14/h9-10,15H,7-8H2,1-6H3. The third-order valence-electron chi connectivity index (χ3n) is 3.28. The highest BCUT2D eigenvalue weighted by Crippen LogP contribution is 2.21. The second-order valence-corrected chi connectivity index (χ2v) is 6.35. The summed E-state index contributed by atoms with van der Waals surface area (Å²) in [6.45, 7) is 13.8. The third-order valence-corrected chi connectivity index (χ3v) is 4.25. The zero-order valence-corrected chi connectivity index (χ0v) is 13.2. The Morgan fingerprint density at radius 1 is 1.11 bits per heavy atom. The molecule has 1 aromatic heterocycles. The van der Waals surface area contributed by atoms with Crippen LogP contribution < -0.4 is 5.32 Å². The lowest BCUT2D eigenvalue weighted by Gasteiger charge is -2.16. The number of rotatable bonds is 6. The van der Waals surface area contributed by atoms with Crippen molar-refractivity contribution in [3.05, 3.63) is 17.0 Å². The molecular formula is C14H25N3S. The highest BCUT2D eigenvalue weighted by molar-refractivity contribution is 7.99. The first-order valence-electron chi connectivity index (χ1n) is 6.65. The molecule has 0 bridgehead atoms. The molecule has 0 spiro atoms. The van der Waals surface area contributed by atoms with Crippen molar-refractivity contribution < 1.29 is 0 Å². The quantitative estimate of drug-likeness (QED) is 0.634. The van der Waals surface area contributed by atoms with Crippen molar-refractivity contribution in [1.29, 1.82) is 0 Å². The Morgan fingerprint density at radius 3 is 2.17 bits per heavy atom. The van der Waals surface area contributed by atoms with Gasteiger partial charge in [0.15, 0.2) is 5.16 Å². The Hall–Kier alpha value is -0.610. The lowest BCUT2D eigenvalue weighted by Crippen LogP contribution is -2.30. The van der Waals surface area contributed by atoms with Crippen molar-refractivity contribution >= 4 is 11.8 Å². The topological polar surface area (TPSA) is 37.8 Å². The number of aromatic nitrogens is 2. The van der Waals surface area contributed by atoms with Crippen molar-refractivity contribution in [2.24, 2.45) is 0 Å². The zero-order valence-electron chi connectivity index (χ0n) is 12.4. The number of hydrogen-bond acceptors (Lipinski definition) is 4. The molecule has 0 saturated carbocycles. The predicted octanol–water partition coefficient (Wildman–Crippen LogP) is 3.27. The summed E-state index contributed by atoms with van der Waals surface area (Å²) in [4.78, 5) is 9.09. The van der Waals surface area contributed by atoms with Gasteiger partial charge in [-0.2, -0.15) is 0 Å². The van der Waals surface area contributed by atoms with Crippen molar-refractivity contribution in [2.75, 3.05) is 6.54 Å². The number of aryl methyl sites for hydroxylation is 2. The zero-order chi connectivity index (χ0) is 13.7. The molecule has 0 aliphatic rings. The molecule has 0 aliphatic carbocycles. The molecule has 0 aliphatic heterocycles. The Morgan fingerprint density at radius 2 is 1.67 bits per heavy atom. The van der Waals surface area contributed by atoms with Crippen molar-refractivity contribution in [1.82, 2.24) is 15.3 Å². The van der Waals surface area contributed by atoms with Crippen LogP contribution in [0.4, 0.5) is 0 Å². The molecule has 1 rings (SSSR count). The first-order chi connectivity index (χ1) is 8.43. The van der Waals surface area contributed by atoms with Crippen LogP contribution in [0.25, 0.3) is 0 Å². The largest absolute Gasteiger partial charge is 0.313 e. The Bertz CT molecular complexity index is 370. The third kappa shape index (κ3) is 4.58. The number of nitrogens with zero attached hydrogens (tertiary/aromatic N) is 2. The van der Waals surface area contributed by atoms with E-state index in [9.17, 15) is 0 Å². The summed E-state index contributed by atoms with van der Waals surface area (Å²) in [5.74, 6) is 0. The van der Waals surface area contributed by atoms with Crippen molar-refractivity contribution in [2.45, 2.75) is 64.4 Å². The molecule has 2 atom stereocenters. The van der Waals surface area contributed by atoms with Gasteiger partial charge in [-0.15, -0.1) is 0 Å². The van der Waals surface area contributed by atoms with Gasteiger partial charge in [0.1, 0.15) is 0 Å². The van der Waals surface area contributed by atoms with Crippen molar-refractivity contribution in [3.8, 4) is 0 Å². The summed E-state index contributed by atoms with van der Waals surface area (Å²) >= 11 is 1.75. The van der Waals surface area contributed by atoms with E-state index in [-0.39, 0.29) is 0 Å². The van der Waals surface area contributed by atoms with Gasteiger partial charge < -0.3 is 5.32 Å². The van der Waals surface area contributed by atoms with Gasteiger partial charge in [-0.3, -0.25) is 0 Å². The van der Waals surface area contributed by atoms with E-state index in [0.29, 0.717) is 11.3 Å². The fourth-order valence-electron chi connectivity index (χ4n) is 1.53. The summed E-state index contributed by atoms with van der Waals surface area (Å²) < 4.78 is 0. The van der Waals surface area contributed by atoms with Gasteiger partial charge in [-0.1, -0.05) is 25.6 Å². The first-order valence-corrected chi connectivity index (χ1v) is 7.53. The molecule has 0 aromatic carbocycles. The maximum Gasteiger partial charge on any atom is 0.188 e. The number of nitrogens with one attached hydrogen (secondary N) is 1. The second kappa shape index (κ2) is 7.10. The average molecular weight is 267 g/mol. The summed E-state index contributed by atoms with van der Waals surface area (Å²) in [5, 5.41) is 4.90. The molecule has 102 valence electrons. The lowest BCUT2D eigenvalue weighted by atomic mass is 10.2. The van der Waals surface area contributed by atoms with Gasteiger partial charge in [0, 0.05) is 29.2 Å². The van der Waals surface area contributed by atoms with Crippen LogP contribution in [0, 0.1) is 20.8 Å². The first kappa shape index (κ1) is 15.4. The van der Waals surface area contributed by atoms with E-state index < -0.39 is 0 Å². The molecule has 1 heterocycles. The molecule has 1 aromatic rings. The van der Waals surface area contributed by atoms with E-state index in [4.69, 9.17) is 0 Å². The molecule has 1 N–H and O–H groups in total.